The van der Waals surface area contributed by atoms with Crippen LogP contribution in [0.5, 0.6) is 0 Å². The number of nitrogens with zero attached hydrogens (tertiary/aromatic N) is 5. The maximum absolute atomic E-state index is 5.40. The molecule has 0 radical (unpaired) electrons. The van der Waals surface area contributed by atoms with E-state index in [9.17, 15) is 0 Å². The number of aromatic amines is 1. The molecule has 7 nitrogen and oxygen atoms in total. The molecule has 0 saturated heterocycles. The molecule has 0 aliphatic rings. The molecule has 0 spiro atoms. The van der Waals surface area contributed by atoms with Crippen LogP contribution in [0.15, 0.2) is 24.8 Å². The smallest absolute Gasteiger partial charge is 0.219 e. The van der Waals surface area contributed by atoms with Crippen molar-refractivity contribution in [1.29, 1.82) is 0 Å². The molecule has 0 amide bonds. The van der Waals surface area contributed by atoms with Gasteiger partial charge in [0.2, 0.25) is 5.95 Å². The van der Waals surface area contributed by atoms with Gasteiger partial charge in [-0.2, -0.15) is 5.10 Å². The fraction of sp³-hybridized carbons (Fsp3) is 0. The summed E-state index contributed by atoms with van der Waals surface area (Å²) in [5, 5.41) is 7.51. The van der Waals surface area contributed by atoms with E-state index < -0.39 is 0 Å². The van der Waals surface area contributed by atoms with Gasteiger partial charge in [0, 0.05) is 18.6 Å². The van der Waals surface area contributed by atoms with Crippen LogP contribution in [-0.4, -0.2) is 30.1 Å². The number of aromatic nitrogens is 6. The number of anilines is 1. The maximum atomic E-state index is 5.40. The third kappa shape index (κ3) is 1.34. The molecule has 0 aliphatic carbocycles. The van der Waals surface area contributed by atoms with Crippen LogP contribution in [0, 0.1) is 0 Å². The second-order valence-corrected chi connectivity index (χ2v) is 3.20. The molecule has 3 aromatic rings. The van der Waals surface area contributed by atoms with Crippen molar-refractivity contribution in [3.05, 3.63) is 24.8 Å². The van der Waals surface area contributed by atoms with E-state index in [0.717, 1.165) is 5.39 Å². The lowest BCUT2D eigenvalue weighted by atomic mass is 10.3. The third-order valence-electron chi connectivity index (χ3n) is 2.12. The van der Waals surface area contributed by atoms with Crippen LogP contribution in [0.1, 0.15) is 0 Å². The monoisotopic (exact) mass is 213 g/mol. The quantitative estimate of drug-likeness (QED) is 0.605. The minimum absolute atomic E-state index is 0.228. The molecule has 0 saturated carbocycles. The number of hydrogen-bond donors (Lipinski definition) is 2. The molecule has 0 bridgehead atoms. The molecule has 78 valence electrons. The van der Waals surface area contributed by atoms with Crippen LogP contribution in [0.25, 0.3) is 22.4 Å². The molecule has 0 fully saturated rings. The Hall–Kier alpha value is -2.57. The number of fused-ring (bicyclic) bond motifs is 1. The normalized spacial score (nSPS) is 10.8. The van der Waals surface area contributed by atoms with Gasteiger partial charge in [0.15, 0.2) is 11.5 Å². The van der Waals surface area contributed by atoms with Crippen molar-refractivity contribution in [2.75, 3.05) is 5.73 Å². The second-order valence-electron chi connectivity index (χ2n) is 3.20. The lowest BCUT2D eigenvalue weighted by Gasteiger charge is -1.98. The zero-order valence-corrected chi connectivity index (χ0v) is 8.12. The van der Waals surface area contributed by atoms with Gasteiger partial charge < -0.3 is 5.73 Å². The van der Waals surface area contributed by atoms with Crippen LogP contribution in [0.3, 0.4) is 0 Å². The summed E-state index contributed by atoms with van der Waals surface area (Å²) >= 11 is 0. The Morgan fingerprint density at radius 3 is 2.62 bits per heavy atom. The van der Waals surface area contributed by atoms with E-state index in [1.807, 2.05) is 0 Å². The highest BCUT2D eigenvalue weighted by atomic mass is 15.1. The average Bonchev–Trinajstić information content (AvgIpc) is 2.77. The topological polar surface area (TPSA) is 106 Å². The zero-order chi connectivity index (χ0) is 11.0. The molecule has 3 rings (SSSR count). The minimum atomic E-state index is 0.228. The van der Waals surface area contributed by atoms with E-state index in [-0.39, 0.29) is 5.95 Å². The van der Waals surface area contributed by atoms with Crippen molar-refractivity contribution >= 4 is 17.0 Å². The summed E-state index contributed by atoms with van der Waals surface area (Å²) < 4.78 is 0. The van der Waals surface area contributed by atoms with Gasteiger partial charge in [0.05, 0.1) is 17.1 Å². The number of nitrogens with two attached hydrogens (primary N) is 1. The number of hydrogen-bond acceptors (Lipinski definition) is 6. The molecule has 3 N–H and O–H groups in total. The van der Waals surface area contributed by atoms with Gasteiger partial charge in [-0.1, -0.05) is 0 Å². The lowest BCUT2D eigenvalue weighted by molar-refractivity contribution is 1.09. The highest BCUT2D eigenvalue weighted by Crippen LogP contribution is 2.15. The molecule has 3 aromatic heterocycles. The van der Waals surface area contributed by atoms with Gasteiger partial charge in [0.1, 0.15) is 0 Å². The predicted octanol–water partition coefficient (Wildman–Crippen LogP) is 0.392. The van der Waals surface area contributed by atoms with E-state index in [1.54, 1.807) is 24.8 Å². The Kier molecular flexibility index (Phi) is 1.76. The minimum Gasteiger partial charge on any atom is -0.368 e. The molecule has 0 unspecified atom stereocenters. The highest BCUT2D eigenvalue weighted by Gasteiger charge is 2.04. The first-order valence-corrected chi connectivity index (χ1v) is 4.57. The highest BCUT2D eigenvalue weighted by molar-refractivity contribution is 5.74. The number of rotatable bonds is 1. The standard InChI is InChI=1S/C9H7N7/c10-9-12-2-5(3-13-9)7-11-1-6-4-14-16-8(6)15-7/h1-4H,(H2,10,12,13)(H,11,14,15,16). The largest absolute Gasteiger partial charge is 0.368 e. The number of nitrogens with one attached hydrogen (secondary N) is 1. The van der Waals surface area contributed by atoms with Crippen molar-refractivity contribution in [3.8, 4) is 11.4 Å². The van der Waals surface area contributed by atoms with E-state index in [0.29, 0.717) is 17.0 Å². The van der Waals surface area contributed by atoms with E-state index in [4.69, 9.17) is 5.73 Å². The first-order chi connectivity index (χ1) is 7.83. The summed E-state index contributed by atoms with van der Waals surface area (Å²) in [5.41, 5.74) is 6.80. The summed E-state index contributed by atoms with van der Waals surface area (Å²) in [7, 11) is 0. The number of H-pyrrole nitrogens is 1. The molecular weight excluding hydrogens is 206 g/mol. The average molecular weight is 213 g/mol. The molecule has 0 aliphatic heterocycles. The van der Waals surface area contributed by atoms with E-state index in [1.165, 1.54) is 0 Å². The second kappa shape index (κ2) is 3.23. The molecule has 0 atom stereocenters. The Bertz CT molecular complexity index is 628. The molecule has 16 heavy (non-hydrogen) atoms. The van der Waals surface area contributed by atoms with Crippen molar-refractivity contribution in [2.45, 2.75) is 0 Å². The maximum Gasteiger partial charge on any atom is 0.219 e. The lowest BCUT2D eigenvalue weighted by Crippen LogP contribution is -1.95. The van der Waals surface area contributed by atoms with Crippen molar-refractivity contribution in [1.82, 2.24) is 30.1 Å². The van der Waals surface area contributed by atoms with Crippen molar-refractivity contribution < 1.29 is 0 Å². The van der Waals surface area contributed by atoms with Crippen LogP contribution in [0.2, 0.25) is 0 Å². The van der Waals surface area contributed by atoms with Gasteiger partial charge in [0.25, 0.3) is 0 Å². The fourth-order valence-electron chi connectivity index (χ4n) is 1.33. The van der Waals surface area contributed by atoms with Gasteiger partial charge >= 0.3 is 0 Å². The van der Waals surface area contributed by atoms with Gasteiger partial charge in [-0.05, 0) is 0 Å². The van der Waals surface area contributed by atoms with Crippen LogP contribution < -0.4 is 5.73 Å². The van der Waals surface area contributed by atoms with Crippen LogP contribution in [-0.2, 0) is 0 Å². The number of nitrogen functional groups attached to an aromatic ring is 1. The molecule has 3 heterocycles. The summed E-state index contributed by atoms with van der Waals surface area (Å²) in [6, 6.07) is 0. The fourth-order valence-corrected chi connectivity index (χ4v) is 1.33. The van der Waals surface area contributed by atoms with Crippen molar-refractivity contribution in [2.24, 2.45) is 0 Å². The SMILES string of the molecule is Nc1ncc(-c2ncc3cn[nH]c3n2)cn1. The summed E-state index contributed by atoms with van der Waals surface area (Å²) in [5.74, 6) is 0.767. The van der Waals surface area contributed by atoms with Crippen LogP contribution >= 0.6 is 0 Å². The van der Waals surface area contributed by atoms with E-state index >= 15 is 0 Å². The molecular formula is C9H7N7. The first kappa shape index (κ1) is 8.72. The Balaban J connectivity index is 2.14. The molecule has 7 heteroatoms. The van der Waals surface area contributed by atoms with Gasteiger partial charge in [-0.3, -0.25) is 5.10 Å². The zero-order valence-electron chi connectivity index (χ0n) is 8.12. The summed E-state index contributed by atoms with van der Waals surface area (Å²) in [6.07, 6.45) is 6.52. The Morgan fingerprint density at radius 2 is 1.81 bits per heavy atom. The first-order valence-electron chi connectivity index (χ1n) is 4.57. The predicted molar refractivity (Wildman–Crippen MR) is 57.1 cm³/mol. The van der Waals surface area contributed by atoms with Crippen molar-refractivity contribution in [3.63, 3.8) is 0 Å². The van der Waals surface area contributed by atoms with Gasteiger partial charge in [-0.25, -0.2) is 19.9 Å². The molecule has 0 aromatic carbocycles. The summed E-state index contributed by atoms with van der Waals surface area (Å²) in [6.45, 7) is 0. The Morgan fingerprint density at radius 1 is 1.00 bits per heavy atom. The van der Waals surface area contributed by atoms with E-state index in [2.05, 4.69) is 30.1 Å². The Labute approximate surface area is 89.8 Å². The summed E-state index contributed by atoms with van der Waals surface area (Å²) in [4.78, 5) is 16.2. The van der Waals surface area contributed by atoms with Gasteiger partial charge in [-0.15, -0.1) is 0 Å². The third-order valence-corrected chi connectivity index (χ3v) is 2.12. The van der Waals surface area contributed by atoms with Crippen LogP contribution in [0.4, 0.5) is 5.95 Å².